The van der Waals surface area contributed by atoms with Crippen LogP contribution in [0.15, 0.2) is 48.5 Å². The van der Waals surface area contributed by atoms with Crippen molar-refractivity contribution in [1.29, 1.82) is 0 Å². The normalized spacial score (nSPS) is 17.1. The Balaban J connectivity index is 1.78. The Morgan fingerprint density at radius 2 is 1.48 bits per heavy atom. The van der Waals surface area contributed by atoms with Gasteiger partial charge in [0, 0.05) is 18.0 Å². The summed E-state index contributed by atoms with van der Waals surface area (Å²) in [5.74, 6) is 0.113. The monoisotopic (exact) mass is 307 g/mol. The van der Waals surface area contributed by atoms with Gasteiger partial charge in [-0.05, 0) is 46.7 Å². The highest BCUT2D eigenvalue weighted by atomic mass is 16.3. The van der Waals surface area contributed by atoms with Gasteiger partial charge in [-0.3, -0.25) is 0 Å². The van der Waals surface area contributed by atoms with Crippen molar-refractivity contribution in [2.45, 2.75) is 19.0 Å². The van der Waals surface area contributed by atoms with E-state index in [4.69, 9.17) is 0 Å². The maximum Gasteiger partial charge on any atom is 0.157 e. The molecule has 4 rings (SSSR count). The van der Waals surface area contributed by atoms with E-state index in [1.165, 1.54) is 0 Å². The quantitative estimate of drug-likeness (QED) is 0.520. The minimum Gasteiger partial charge on any atom is -0.507 e. The summed E-state index contributed by atoms with van der Waals surface area (Å²) in [6.45, 7) is 0.628. The predicted octanol–water partition coefficient (Wildman–Crippen LogP) is 3.34. The van der Waals surface area contributed by atoms with E-state index in [9.17, 15) is 15.3 Å². The Kier molecular flexibility index (Phi) is 3.13. The fourth-order valence-corrected chi connectivity index (χ4v) is 3.37. The molecule has 0 radical (unpaired) electrons. The molecule has 1 atom stereocenters. The molecule has 1 heterocycles. The van der Waals surface area contributed by atoms with Crippen LogP contribution >= 0.6 is 0 Å². The second kappa shape index (κ2) is 5.18. The summed E-state index contributed by atoms with van der Waals surface area (Å²) in [4.78, 5) is 0. The number of hydrogen-bond donors (Lipinski definition) is 4. The van der Waals surface area contributed by atoms with Crippen molar-refractivity contribution in [2.75, 3.05) is 0 Å². The third kappa shape index (κ3) is 2.28. The Labute approximate surface area is 133 Å². The van der Waals surface area contributed by atoms with E-state index >= 15 is 0 Å². The minimum absolute atomic E-state index is 0.0834. The number of phenols is 3. The molecule has 1 aliphatic heterocycles. The molecule has 4 N–H and O–H groups in total. The topological polar surface area (TPSA) is 72.7 Å². The van der Waals surface area contributed by atoms with E-state index in [1.807, 2.05) is 30.3 Å². The van der Waals surface area contributed by atoms with Gasteiger partial charge in [-0.15, -0.1) is 0 Å². The first-order valence-corrected chi connectivity index (χ1v) is 7.61. The van der Waals surface area contributed by atoms with E-state index in [0.29, 0.717) is 6.54 Å². The number of nitrogens with one attached hydrogen (secondary N) is 1. The van der Waals surface area contributed by atoms with Crippen LogP contribution in [0.1, 0.15) is 22.7 Å². The molecule has 23 heavy (non-hydrogen) atoms. The van der Waals surface area contributed by atoms with E-state index < -0.39 is 0 Å². The lowest BCUT2D eigenvalue weighted by Gasteiger charge is -2.28. The molecule has 0 fully saturated rings. The van der Waals surface area contributed by atoms with Gasteiger partial charge in [0.15, 0.2) is 11.5 Å². The molecule has 0 aliphatic carbocycles. The first-order valence-electron chi connectivity index (χ1n) is 7.61. The molecule has 0 saturated heterocycles. The minimum atomic E-state index is -0.0842. The molecule has 3 aromatic carbocycles. The van der Waals surface area contributed by atoms with E-state index in [-0.39, 0.29) is 23.3 Å². The molecule has 4 nitrogen and oxygen atoms in total. The molecule has 1 unspecified atom stereocenters. The van der Waals surface area contributed by atoms with Gasteiger partial charge >= 0.3 is 0 Å². The van der Waals surface area contributed by atoms with Gasteiger partial charge in [0.05, 0.1) is 0 Å². The SMILES string of the molecule is Oc1cc2c(cc1O)CC(c1ccc(O)c3ccccc13)NC2. The van der Waals surface area contributed by atoms with Crippen molar-refractivity contribution in [1.82, 2.24) is 5.32 Å². The number of hydrogen-bond acceptors (Lipinski definition) is 4. The Morgan fingerprint density at radius 3 is 2.26 bits per heavy atom. The van der Waals surface area contributed by atoms with Crippen molar-refractivity contribution in [3.8, 4) is 17.2 Å². The van der Waals surface area contributed by atoms with Gasteiger partial charge in [-0.25, -0.2) is 0 Å². The van der Waals surface area contributed by atoms with Crippen LogP contribution in [0.25, 0.3) is 10.8 Å². The number of phenolic OH excluding ortho intramolecular Hbond substituents is 3. The Bertz CT molecular complexity index is 905. The first-order chi connectivity index (χ1) is 11.1. The standard InChI is InChI=1S/C19H17NO3/c21-17-6-5-14(13-3-1-2-4-15(13)17)16-7-11-8-18(22)19(23)9-12(11)10-20-16/h1-6,8-9,16,20-23H,7,10H2. The average molecular weight is 307 g/mol. The highest BCUT2D eigenvalue weighted by Gasteiger charge is 2.23. The maximum absolute atomic E-state index is 10.0. The number of fused-ring (bicyclic) bond motifs is 2. The smallest absolute Gasteiger partial charge is 0.157 e. The van der Waals surface area contributed by atoms with Crippen LogP contribution < -0.4 is 5.32 Å². The third-order valence-electron chi connectivity index (χ3n) is 4.57. The summed E-state index contributed by atoms with van der Waals surface area (Å²) in [6.07, 6.45) is 0.720. The summed E-state index contributed by atoms with van der Waals surface area (Å²) in [5.41, 5.74) is 3.15. The second-order valence-electron chi connectivity index (χ2n) is 5.97. The summed E-state index contributed by atoms with van der Waals surface area (Å²) in [5, 5.41) is 34.7. The number of aromatic hydroxyl groups is 3. The van der Waals surface area contributed by atoms with E-state index in [1.54, 1.807) is 18.2 Å². The Morgan fingerprint density at radius 1 is 0.783 bits per heavy atom. The maximum atomic E-state index is 10.0. The molecular formula is C19H17NO3. The summed E-state index contributed by atoms with van der Waals surface area (Å²) in [7, 11) is 0. The zero-order valence-corrected chi connectivity index (χ0v) is 12.5. The molecule has 116 valence electrons. The van der Waals surface area contributed by atoms with Crippen LogP contribution in [0, 0.1) is 0 Å². The van der Waals surface area contributed by atoms with Crippen LogP contribution in [-0.2, 0) is 13.0 Å². The molecule has 0 aromatic heterocycles. The van der Waals surface area contributed by atoms with Crippen LogP contribution in [0.3, 0.4) is 0 Å². The van der Waals surface area contributed by atoms with Crippen LogP contribution in [0.4, 0.5) is 0 Å². The second-order valence-corrected chi connectivity index (χ2v) is 5.97. The molecule has 3 aromatic rings. The largest absolute Gasteiger partial charge is 0.507 e. The van der Waals surface area contributed by atoms with E-state index in [0.717, 1.165) is 33.9 Å². The van der Waals surface area contributed by atoms with E-state index in [2.05, 4.69) is 5.32 Å². The average Bonchev–Trinajstić information content (AvgIpc) is 2.56. The highest BCUT2D eigenvalue weighted by molar-refractivity contribution is 5.91. The lowest BCUT2D eigenvalue weighted by atomic mass is 9.89. The number of rotatable bonds is 1. The van der Waals surface area contributed by atoms with Crippen LogP contribution in [-0.4, -0.2) is 15.3 Å². The van der Waals surface area contributed by atoms with Crippen LogP contribution in [0.2, 0.25) is 0 Å². The fraction of sp³-hybridized carbons (Fsp3) is 0.158. The zero-order valence-electron chi connectivity index (χ0n) is 12.5. The van der Waals surface area contributed by atoms with Crippen molar-refractivity contribution >= 4 is 10.8 Å². The molecule has 4 heteroatoms. The first kappa shape index (κ1) is 13.9. The van der Waals surface area contributed by atoms with Gasteiger partial charge in [0.1, 0.15) is 5.75 Å². The molecule has 0 amide bonds. The van der Waals surface area contributed by atoms with Gasteiger partial charge in [0.25, 0.3) is 0 Å². The molecule has 0 saturated carbocycles. The van der Waals surface area contributed by atoms with Crippen molar-refractivity contribution in [3.63, 3.8) is 0 Å². The highest BCUT2D eigenvalue weighted by Crippen LogP contribution is 2.37. The van der Waals surface area contributed by atoms with Gasteiger partial charge in [-0.2, -0.15) is 0 Å². The lowest BCUT2D eigenvalue weighted by molar-refractivity contribution is 0.399. The predicted molar refractivity (Wildman–Crippen MR) is 88.7 cm³/mol. The molecule has 0 spiro atoms. The third-order valence-corrected chi connectivity index (χ3v) is 4.57. The van der Waals surface area contributed by atoms with Gasteiger partial charge in [-0.1, -0.05) is 30.3 Å². The van der Waals surface area contributed by atoms with Crippen molar-refractivity contribution in [3.05, 3.63) is 65.2 Å². The lowest BCUT2D eigenvalue weighted by Crippen LogP contribution is -2.28. The van der Waals surface area contributed by atoms with Gasteiger partial charge < -0.3 is 20.6 Å². The Hall–Kier alpha value is -2.72. The molecular weight excluding hydrogens is 290 g/mol. The van der Waals surface area contributed by atoms with Crippen molar-refractivity contribution in [2.24, 2.45) is 0 Å². The molecule has 1 aliphatic rings. The van der Waals surface area contributed by atoms with Crippen LogP contribution in [0.5, 0.6) is 17.2 Å². The zero-order chi connectivity index (χ0) is 16.0. The number of benzene rings is 3. The summed E-state index contributed by atoms with van der Waals surface area (Å²) < 4.78 is 0. The summed E-state index contributed by atoms with van der Waals surface area (Å²) in [6, 6.07) is 14.8. The van der Waals surface area contributed by atoms with Gasteiger partial charge in [0.2, 0.25) is 0 Å². The van der Waals surface area contributed by atoms with Crippen molar-refractivity contribution < 1.29 is 15.3 Å². The summed E-state index contributed by atoms with van der Waals surface area (Å²) >= 11 is 0. The molecule has 0 bridgehead atoms. The fourth-order valence-electron chi connectivity index (χ4n) is 3.37.